The topological polar surface area (TPSA) is 94.0 Å². The third-order valence-electron chi connectivity index (χ3n) is 2.28. The fraction of sp³-hybridized carbons (Fsp3) is 0.455. The molecule has 0 unspecified atom stereocenters. The Morgan fingerprint density at radius 2 is 2.24 bits per heavy atom. The van der Waals surface area contributed by atoms with E-state index in [1.165, 1.54) is 0 Å². The SMILES string of the molecule is NNC(=O)CCCCCSc1ccncc1N. The summed E-state index contributed by atoms with van der Waals surface area (Å²) in [6.45, 7) is 0. The van der Waals surface area contributed by atoms with E-state index in [0.717, 1.165) is 35.6 Å². The molecule has 0 radical (unpaired) electrons. The van der Waals surface area contributed by atoms with E-state index in [0.29, 0.717) is 6.42 Å². The van der Waals surface area contributed by atoms with Gasteiger partial charge in [-0.2, -0.15) is 0 Å². The van der Waals surface area contributed by atoms with Crippen LogP contribution in [0.25, 0.3) is 0 Å². The second-order valence-electron chi connectivity index (χ2n) is 3.64. The van der Waals surface area contributed by atoms with Gasteiger partial charge < -0.3 is 5.73 Å². The van der Waals surface area contributed by atoms with Crippen molar-refractivity contribution >= 4 is 23.4 Å². The van der Waals surface area contributed by atoms with Gasteiger partial charge in [-0.05, 0) is 24.7 Å². The largest absolute Gasteiger partial charge is 0.397 e. The normalized spacial score (nSPS) is 10.2. The maximum absolute atomic E-state index is 10.8. The number of hydrogen-bond acceptors (Lipinski definition) is 5. The predicted octanol–water partition coefficient (Wildman–Crippen LogP) is 1.31. The Labute approximate surface area is 105 Å². The van der Waals surface area contributed by atoms with Crippen molar-refractivity contribution < 1.29 is 4.79 Å². The summed E-state index contributed by atoms with van der Waals surface area (Å²) in [6, 6.07) is 1.92. The minimum absolute atomic E-state index is 0.101. The summed E-state index contributed by atoms with van der Waals surface area (Å²) in [5.74, 6) is 5.88. The van der Waals surface area contributed by atoms with E-state index < -0.39 is 0 Å². The van der Waals surface area contributed by atoms with Gasteiger partial charge in [-0.25, -0.2) is 5.84 Å². The van der Waals surface area contributed by atoms with Crippen LogP contribution in [0.1, 0.15) is 25.7 Å². The Kier molecular flexibility index (Phi) is 6.42. The second-order valence-corrected chi connectivity index (χ2v) is 4.78. The second kappa shape index (κ2) is 7.92. The number of nitrogens with zero attached hydrogens (tertiary/aromatic N) is 1. The highest BCUT2D eigenvalue weighted by Crippen LogP contribution is 2.24. The summed E-state index contributed by atoms with van der Waals surface area (Å²) in [6.07, 6.45) is 6.85. The Balaban J connectivity index is 2.09. The van der Waals surface area contributed by atoms with E-state index in [1.54, 1.807) is 24.2 Å². The number of carbonyl (C=O) groups excluding carboxylic acids is 1. The zero-order chi connectivity index (χ0) is 12.5. The molecule has 0 saturated carbocycles. The number of thioether (sulfide) groups is 1. The molecule has 0 spiro atoms. The van der Waals surface area contributed by atoms with Gasteiger partial charge in [0.15, 0.2) is 0 Å². The van der Waals surface area contributed by atoms with Crippen molar-refractivity contribution in [1.82, 2.24) is 10.4 Å². The van der Waals surface area contributed by atoms with Crippen LogP contribution in [-0.4, -0.2) is 16.6 Å². The zero-order valence-corrected chi connectivity index (χ0v) is 10.5. The van der Waals surface area contributed by atoms with E-state index in [9.17, 15) is 4.79 Å². The van der Waals surface area contributed by atoms with Crippen molar-refractivity contribution in [1.29, 1.82) is 0 Å². The zero-order valence-electron chi connectivity index (χ0n) is 9.69. The average molecular weight is 254 g/mol. The summed E-state index contributed by atoms with van der Waals surface area (Å²) in [7, 11) is 0. The Bertz CT molecular complexity index is 359. The molecule has 0 aliphatic heterocycles. The van der Waals surface area contributed by atoms with Gasteiger partial charge in [0.2, 0.25) is 5.91 Å². The lowest BCUT2D eigenvalue weighted by Gasteiger charge is -2.04. The maximum atomic E-state index is 10.8. The molecule has 0 aromatic carbocycles. The van der Waals surface area contributed by atoms with Gasteiger partial charge in [-0.15, -0.1) is 11.8 Å². The quantitative estimate of drug-likeness (QED) is 0.224. The number of hydrazine groups is 1. The molecule has 0 aliphatic rings. The molecule has 5 nitrogen and oxygen atoms in total. The number of nitrogens with one attached hydrogen (secondary N) is 1. The van der Waals surface area contributed by atoms with Gasteiger partial charge in [0.1, 0.15) is 0 Å². The van der Waals surface area contributed by atoms with Crippen LogP contribution in [0.2, 0.25) is 0 Å². The lowest BCUT2D eigenvalue weighted by Crippen LogP contribution is -2.29. The first-order chi connectivity index (χ1) is 8.24. The van der Waals surface area contributed by atoms with E-state index in [2.05, 4.69) is 10.4 Å². The van der Waals surface area contributed by atoms with Crippen LogP contribution in [0, 0.1) is 0 Å². The standard InChI is InChI=1S/C11H18N4OS/c12-9-8-14-6-5-10(9)17-7-3-1-2-4-11(16)15-13/h5-6,8H,1-4,7,12-13H2,(H,15,16). The highest BCUT2D eigenvalue weighted by atomic mass is 32.2. The Morgan fingerprint density at radius 1 is 1.41 bits per heavy atom. The van der Waals surface area contributed by atoms with Gasteiger partial charge in [0, 0.05) is 17.5 Å². The van der Waals surface area contributed by atoms with E-state index in [4.69, 9.17) is 11.6 Å². The van der Waals surface area contributed by atoms with Gasteiger partial charge in [-0.1, -0.05) is 6.42 Å². The van der Waals surface area contributed by atoms with E-state index in [1.807, 2.05) is 6.07 Å². The first-order valence-electron chi connectivity index (χ1n) is 5.55. The number of unbranched alkanes of at least 4 members (excludes halogenated alkanes) is 2. The molecule has 0 atom stereocenters. The van der Waals surface area contributed by atoms with Crippen LogP contribution in [0.3, 0.4) is 0 Å². The maximum Gasteiger partial charge on any atom is 0.233 e. The summed E-state index contributed by atoms with van der Waals surface area (Å²) < 4.78 is 0. The molecule has 0 bridgehead atoms. The summed E-state index contributed by atoms with van der Waals surface area (Å²) in [4.78, 5) is 15.9. The molecule has 0 fully saturated rings. The van der Waals surface area contributed by atoms with Crippen LogP contribution in [0.5, 0.6) is 0 Å². The van der Waals surface area contributed by atoms with Gasteiger partial charge in [0.05, 0.1) is 11.9 Å². The molecule has 94 valence electrons. The number of carbonyl (C=O) groups is 1. The number of amides is 1. The Morgan fingerprint density at radius 3 is 2.94 bits per heavy atom. The van der Waals surface area contributed by atoms with Crippen LogP contribution >= 0.6 is 11.8 Å². The van der Waals surface area contributed by atoms with E-state index in [-0.39, 0.29) is 5.91 Å². The molecule has 6 heteroatoms. The van der Waals surface area contributed by atoms with Crippen molar-refractivity contribution in [2.45, 2.75) is 30.6 Å². The number of aromatic nitrogens is 1. The molecular formula is C11H18N4OS. The summed E-state index contributed by atoms with van der Waals surface area (Å²) in [5.41, 5.74) is 8.61. The Hall–Kier alpha value is -1.27. The van der Waals surface area contributed by atoms with Crippen LogP contribution in [0.4, 0.5) is 5.69 Å². The number of rotatable bonds is 7. The van der Waals surface area contributed by atoms with Gasteiger partial charge in [0.25, 0.3) is 0 Å². The minimum atomic E-state index is -0.101. The lowest BCUT2D eigenvalue weighted by atomic mass is 10.2. The molecule has 0 saturated heterocycles. The van der Waals surface area contributed by atoms with Crippen molar-refractivity contribution in [3.8, 4) is 0 Å². The molecule has 1 heterocycles. The van der Waals surface area contributed by atoms with Crippen molar-refractivity contribution in [2.75, 3.05) is 11.5 Å². The molecule has 5 N–H and O–H groups in total. The third kappa shape index (κ3) is 5.55. The van der Waals surface area contributed by atoms with Crippen LogP contribution < -0.4 is 17.0 Å². The van der Waals surface area contributed by atoms with Crippen molar-refractivity contribution in [3.63, 3.8) is 0 Å². The number of anilines is 1. The number of nitrogen functional groups attached to an aromatic ring is 1. The van der Waals surface area contributed by atoms with Crippen molar-refractivity contribution in [2.24, 2.45) is 5.84 Å². The van der Waals surface area contributed by atoms with Crippen molar-refractivity contribution in [3.05, 3.63) is 18.5 Å². The van der Waals surface area contributed by atoms with Gasteiger partial charge in [-0.3, -0.25) is 15.2 Å². The smallest absolute Gasteiger partial charge is 0.233 e. The highest BCUT2D eigenvalue weighted by molar-refractivity contribution is 7.99. The molecule has 1 aromatic heterocycles. The fourth-order valence-corrected chi connectivity index (χ4v) is 2.29. The van der Waals surface area contributed by atoms with Crippen LogP contribution in [0.15, 0.2) is 23.4 Å². The molecular weight excluding hydrogens is 236 g/mol. The first-order valence-corrected chi connectivity index (χ1v) is 6.54. The van der Waals surface area contributed by atoms with Crippen LogP contribution in [-0.2, 0) is 4.79 Å². The molecule has 17 heavy (non-hydrogen) atoms. The highest BCUT2D eigenvalue weighted by Gasteiger charge is 2.00. The van der Waals surface area contributed by atoms with Gasteiger partial charge >= 0.3 is 0 Å². The average Bonchev–Trinajstić information content (AvgIpc) is 2.35. The first kappa shape index (κ1) is 13.8. The number of pyridine rings is 1. The molecule has 0 aliphatic carbocycles. The number of nitrogens with two attached hydrogens (primary N) is 2. The molecule has 1 aromatic rings. The third-order valence-corrected chi connectivity index (χ3v) is 3.45. The fourth-order valence-electron chi connectivity index (χ4n) is 1.34. The minimum Gasteiger partial charge on any atom is -0.397 e. The molecule has 1 rings (SSSR count). The summed E-state index contributed by atoms with van der Waals surface area (Å²) in [5, 5.41) is 0. The predicted molar refractivity (Wildman–Crippen MR) is 70.2 cm³/mol. The number of hydrogen-bond donors (Lipinski definition) is 3. The monoisotopic (exact) mass is 254 g/mol. The lowest BCUT2D eigenvalue weighted by molar-refractivity contribution is -0.121. The van der Waals surface area contributed by atoms with E-state index >= 15 is 0 Å². The summed E-state index contributed by atoms with van der Waals surface area (Å²) >= 11 is 1.72. The molecule has 1 amide bonds.